The Morgan fingerprint density at radius 3 is 1.45 bits per heavy atom. The molecule has 0 aromatic heterocycles. The molecule has 6 aliphatic carbocycles. The molecule has 6 atom stereocenters. The number of allylic oxidation sites excluding steroid dienone is 16. The summed E-state index contributed by atoms with van der Waals surface area (Å²) in [6, 6.07) is 1.54. The Kier molecular flexibility index (Phi) is 15.4. The molecule has 6 aliphatic rings. The monoisotopic (exact) mass is 768 g/mol. The molecule has 6 unspecified atom stereocenters. The standard InChI is InChI=1S/C41H58Si.2CH3.2ClH.Zr/c1-5-6-7-8-9-16-27-42(4,36-30-38(21-12-10-13-22-38)40(32-36)25-17-19-34(2)28-40)37-31-39(23-14-11-15-24-39)41(33-37)26-18-20-35(3)29-41;;;;;/h10-15,17-21,23,28-29,36-37H,5-9,16,22,24-27,30-33H2,1-4H3;2*1H3;2*1H;/q;2*-1;;;+4/p-2. The average molecular weight is 771 g/mol. The van der Waals surface area contributed by atoms with Gasteiger partial charge in [0.15, 0.2) is 0 Å². The summed E-state index contributed by atoms with van der Waals surface area (Å²) in [5.74, 6) is 0. The van der Waals surface area contributed by atoms with Crippen LogP contribution in [0.15, 0.2) is 96.2 Å². The molecule has 0 N–H and O–H groups in total. The van der Waals surface area contributed by atoms with Crippen molar-refractivity contribution in [1.82, 2.24) is 0 Å². The summed E-state index contributed by atoms with van der Waals surface area (Å²) in [4.78, 5) is 0. The quantitative estimate of drug-likeness (QED) is 0.124. The molecular weight excluding hydrogens is 707 g/mol. The van der Waals surface area contributed by atoms with Gasteiger partial charge in [-0.05, 0) is 76.3 Å². The van der Waals surface area contributed by atoms with Gasteiger partial charge in [-0.3, -0.25) is 0 Å². The van der Waals surface area contributed by atoms with Crippen molar-refractivity contribution in [2.45, 2.75) is 134 Å². The Bertz CT molecular complexity index is 1200. The minimum absolute atomic E-state index is 0. The molecule has 0 saturated heterocycles. The molecular formula is C43H64Cl2SiZr. The van der Waals surface area contributed by atoms with Crippen LogP contribution in [-0.4, -0.2) is 8.07 Å². The Morgan fingerprint density at radius 2 is 1.04 bits per heavy atom. The van der Waals surface area contributed by atoms with Crippen LogP contribution in [0.4, 0.5) is 0 Å². The van der Waals surface area contributed by atoms with E-state index in [-0.39, 0.29) is 14.9 Å². The van der Waals surface area contributed by atoms with Crippen LogP contribution in [0.3, 0.4) is 0 Å². The SMILES string of the molecule is CCCCCCCC[Si](C)(C1CC2(C=CC=CC2)C2(C=C(C)C=CC2)C1)C1CC2(C=CC=CC2)C2(C=C(C)C=CC2)C1.[CH3-].[CH3-].[Cl][Zr+2][Cl]. The summed E-state index contributed by atoms with van der Waals surface area (Å²) in [6.07, 6.45) is 54.3. The van der Waals surface area contributed by atoms with E-state index in [1.807, 2.05) is 0 Å². The van der Waals surface area contributed by atoms with Gasteiger partial charge >= 0.3 is 37.9 Å². The van der Waals surface area contributed by atoms with Crippen LogP contribution in [-0.2, 0) is 20.8 Å². The van der Waals surface area contributed by atoms with Gasteiger partial charge in [-0.25, -0.2) is 0 Å². The number of unbranched alkanes of at least 4 members (excludes halogenated alkanes) is 5. The molecule has 47 heavy (non-hydrogen) atoms. The zero-order valence-electron chi connectivity index (χ0n) is 30.6. The first-order valence-electron chi connectivity index (χ1n) is 18.1. The third-order valence-corrected chi connectivity index (χ3v) is 19.4. The summed E-state index contributed by atoms with van der Waals surface area (Å²) < 4.78 is 0. The average Bonchev–Trinajstić information content (AvgIpc) is 3.47. The van der Waals surface area contributed by atoms with Gasteiger partial charge in [-0.15, -0.1) is 0 Å². The molecule has 6 rings (SSSR count). The van der Waals surface area contributed by atoms with E-state index < -0.39 is 28.9 Å². The van der Waals surface area contributed by atoms with Crippen molar-refractivity contribution in [3.05, 3.63) is 111 Å². The van der Waals surface area contributed by atoms with Crippen molar-refractivity contribution in [2.75, 3.05) is 0 Å². The van der Waals surface area contributed by atoms with Gasteiger partial charge in [0, 0.05) is 21.7 Å². The van der Waals surface area contributed by atoms with E-state index in [0.717, 1.165) is 11.1 Å². The fraction of sp³-hybridized carbons (Fsp3) is 0.581. The molecule has 0 bridgehead atoms. The van der Waals surface area contributed by atoms with E-state index in [0.29, 0.717) is 21.7 Å². The van der Waals surface area contributed by atoms with Gasteiger partial charge in [-0.1, -0.05) is 154 Å². The second kappa shape index (κ2) is 17.7. The van der Waals surface area contributed by atoms with E-state index >= 15 is 0 Å². The molecule has 0 amide bonds. The van der Waals surface area contributed by atoms with Crippen LogP contribution < -0.4 is 0 Å². The molecule has 0 heterocycles. The fourth-order valence-electron chi connectivity index (χ4n) is 11.0. The van der Waals surface area contributed by atoms with Gasteiger partial charge in [-0.2, -0.15) is 0 Å². The van der Waals surface area contributed by atoms with Gasteiger partial charge in [0.05, 0.1) is 8.07 Å². The van der Waals surface area contributed by atoms with Gasteiger partial charge in [0.1, 0.15) is 0 Å². The molecule has 0 radical (unpaired) electrons. The second-order valence-electron chi connectivity index (χ2n) is 15.9. The Balaban J connectivity index is 0.00000116. The van der Waals surface area contributed by atoms with E-state index in [4.69, 9.17) is 17.0 Å². The minimum atomic E-state index is -1.66. The van der Waals surface area contributed by atoms with Crippen molar-refractivity contribution < 1.29 is 20.8 Å². The first-order chi connectivity index (χ1) is 21.7. The molecule has 2 fully saturated rings. The van der Waals surface area contributed by atoms with E-state index in [9.17, 15) is 0 Å². The zero-order valence-corrected chi connectivity index (χ0v) is 35.6. The maximum atomic E-state index is 4.93. The third-order valence-electron chi connectivity index (χ3n) is 13.4. The topological polar surface area (TPSA) is 0 Å². The van der Waals surface area contributed by atoms with Crippen molar-refractivity contribution in [1.29, 1.82) is 0 Å². The van der Waals surface area contributed by atoms with Gasteiger partial charge < -0.3 is 14.9 Å². The number of fused-ring (bicyclic) bond motifs is 2. The summed E-state index contributed by atoms with van der Waals surface area (Å²) >= 11 is -0.826. The van der Waals surface area contributed by atoms with Gasteiger partial charge in [0.25, 0.3) is 0 Å². The predicted octanol–water partition coefficient (Wildman–Crippen LogP) is 14.8. The first-order valence-corrected chi connectivity index (χ1v) is 27.3. The van der Waals surface area contributed by atoms with Crippen molar-refractivity contribution in [2.24, 2.45) is 21.7 Å². The molecule has 0 aromatic rings. The number of halogens is 2. The molecule has 0 aromatic carbocycles. The van der Waals surface area contributed by atoms with Crippen LogP contribution in [0.25, 0.3) is 0 Å². The number of hydrogen-bond acceptors (Lipinski definition) is 0. The summed E-state index contributed by atoms with van der Waals surface area (Å²) in [5.41, 5.74) is 6.02. The summed E-state index contributed by atoms with van der Waals surface area (Å²) in [5, 5.41) is 0. The van der Waals surface area contributed by atoms with Crippen LogP contribution in [0.2, 0.25) is 23.7 Å². The number of rotatable bonds is 9. The Hall–Kier alpha value is -0.400. The molecule has 0 nitrogen and oxygen atoms in total. The van der Waals surface area contributed by atoms with Crippen LogP contribution >= 0.6 is 17.0 Å². The van der Waals surface area contributed by atoms with Crippen molar-refractivity contribution >= 4 is 25.1 Å². The van der Waals surface area contributed by atoms with Crippen LogP contribution in [0, 0.1) is 36.5 Å². The summed E-state index contributed by atoms with van der Waals surface area (Å²) in [7, 11) is 8.21. The van der Waals surface area contributed by atoms with Crippen molar-refractivity contribution in [3.63, 3.8) is 0 Å². The van der Waals surface area contributed by atoms with Crippen LogP contribution in [0.1, 0.15) is 111 Å². The van der Waals surface area contributed by atoms with E-state index in [2.05, 4.69) is 112 Å². The molecule has 0 aliphatic heterocycles. The first kappa shape index (κ1) is 41.0. The maximum absolute atomic E-state index is 4.93. The van der Waals surface area contributed by atoms with Crippen LogP contribution in [0.5, 0.6) is 0 Å². The molecule has 258 valence electrons. The zero-order chi connectivity index (χ0) is 32.0. The fourth-order valence-corrected chi connectivity index (χ4v) is 16.8. The molecule has 2 saturated carbocycles. The number of hydrogen-bond donors (Lipinski definition) is 0. The molecule has 4 heteroatoms. The van der Waals surface area contributed by atoms with E-state index in [1.165, 1.54) is 101 Å². The molecule has 4 spiro atoms. The van der Waals surface area contributed by atoms with Gasteiger partial charge in [0.2, 0.25) is 0 Å². The summed E-state index contributed by atoms with van der Waals surface area (Å²) in [6.45, 7) is 9.99. The Labute approximate surface area is 310 Å². The Morgan fingerprint density at radius 1 is 0.638 bits per heavy atom. The predicted molar refractivity (Wildman–Crippen MR) is 211 cm³/mol. The van der Waals surface area contributed by atoms with E-state index in [1.54, 1.807) is 6.04 Å². The normalized spacial score (nSPS) is 35.6. The third kappa shape index (κ3) is 8.23. The van der Waals surface area contributed by atoms with Crippen molar-refractivity contribution in [3.8, 4) is 0 Å². The second-order valence-corrected chi connectivity index (χ2v) is 24.8.